The molecule has 0 N–H and O–H groups in total. The first kappa shape index (κ1) is 11.4. The van der Waals surface area contributed by atoms with E-state index in [1.54, 1.807) is 0 Å². The van der Waals surface area contributed by atoms with Crippen LogP contribution in [0, 0.1) is 13.8 Å². The van der Waals surface area contributed by atoms with E-state index in [-0.39, 0.29) is 0 Å². The molecular weight excluding hydrogens is 198 g/mol. The van der Waals surface area contributed by atoms with Crippen molar-refractivity contribution in [1.29, 1.82) is 0 Å². The third kappa shape index (κ3) is 1.60. The van der Waals surface area contributed by atoms with Gasteiger partial charge in [-0.25, -0.2) is 0 Å². The van der Waals surface area contributed by atoms with Gasteiger partial charge in [0, 0.05) is 23.0 Å². The second kappa shape index (κ2) is 4.44. The molecule has 2 heteroatoms. The van der Waals surface area contributed by atoms with Crippen LogP contribution < -0.4 is 0 Å². The summed E-state index contributed by atoms with van der Waals surface area (Å²) >= 11 is 0. The quantitative estimate of drug-likeness (QED) is 0.712. The molecule has 1 heterocycles. The third-order valence-electron chi connectivity index (χ3n) is 4.04. The van der Waals surface area contributed by atoms with E-state index >= 15 is 0 Å². The molecule has 0 atom stereocenters. The van der Waals surface area contributed by atoms with Crippen LogP contribution in [0.2, 0.25) is 0 Å². The fourth-order valence-corrected chi connectivity index (χ4v) is 3.25. The number of aldehydes is 1. The molecule has 0 aromatic carbocycles. The van der Waals surface area contributed by atoms with Crippen LogP contribution in [0.5, 0.6) is 0 Å². The van der Waals surface area contributed by atoms with Crippen LogP contribution in [-0.4, -0.2) is 10.9 Å². The third-order valence-corrected chi connectivity index (χ3v) is 4.04. The maximum atomic E-state index is 11.2. The maximum absolute atomic E-state index is 11.2. The molecule has 1 aliphatic rings. The van der Waals surface area contributed by atoms with E-state index in [0.29, 0.717) is 6.04 Å². The molecule has 0 aliphatic heterocycles. The highest BCUT2D eigenvalue weighted by molar-refractivity contribution is 5.80. The minimum atomic E-state index is 0.638. The van der Waals surface area contributed by atoms with E-state index in [0.717, 1.165) is 18.3 Å². The highest BCUT2D eigenvalue weighted by Crippen LogP contribution is 2.34. The van der Waals surface area contributed by atoms with Crippen LogP contribution in [0.1, 0.15) is 66.0 Å². The van der Waals surface area contributed by atoms with Crippen molar-refractivity contribution in [2.24, 2.45) is 0 Å². The van der Waals surface area contributed by atoms with Crippen molar-refractivity contribution in [3.8, 4) is 0 Å². The van der Waals surface area contributed by atoms with Gasteiger partial charge in [0.05, 0.1) is 0 Å². The summed E-state index contributed by atoms with van der Waals surface area (Å²) in [5, 5.41) is 0. The Kier molecular flexibility index (Phi) is 3.17. The summed E-state index contributed by atoms with van der Waals surface area (Å²) in [4.78, 5) is 11.2. The first-order chi connectivity index (χ1) is 7.70. The van der Waals surface area contributed by atoms with Crippen molar-refractivity contribution in [2.45, 2.75) is 58.9 Å². The number of hydrogen-bond acceptors (Lipinski definition) is 1. The maximum Gasteiger partial charge on any atom is 0.152 e. The molecule has 1 aromatic heterocycles. The fraction of sp³-hybridized carbons (Fsp3) is 0.643. The number of carbonyl (C=O) groups is 1. The molecule has 2 nitrogen and oxygen atoms in total. The molecule has 1 aliphatic carbocycles. The topological polar surface area (TPSA) is 22.0 Å². The minimum Gasteiger partial charge on any atom is -0.345 e. The van der Waals surface area contributed by atoms with Crippen LogP contribution in [0.3, 0.4) is 0 Å². The Morgan fingerprint density at radius 1 is 1.25 bits per heavy atom. The van der Waals surface area contributed by atoms with Gasteiger partial charge in [-0.3, -0.25) is 4.79 Å². The van der Waals surface area contributed by atoms with E-state index in [1.807, 2.05) is 0 Å². The second-order valence-corrected chi connectivity index (χ2v) is 4.84. The molecular formula is C14H21NO. The Labute approximate surface area is 97.7 Å². The van der Waals surface area contributed by atoms with Crippen molar-refractivity contribution in [3.63, 3.8) is 0 Å². The summed E-state index contributed by atoms with van der Waals surface area (Å²) < 4.78 is 2.41. The summed E-state index contributed by atoms with van der Waals surface area (Å²) in [6.45, 7) is 6.39. The van der Waals surface area contributed by atoms with E-state index in [4.69, 9.17) is 0 Å². The molecule has 16 heavy (non-hydrogen) atoms. The zero-order valence-electron chi connectivity index (χ0n) is 10.5. The smallest absolute Gasteiger partial charge is 0.152 e. The van der Waals surface area contributed by atoms with Gasteiger partial charge in [0.2, 0.25) is 0 Å². The molecule has 0 bridgehead atoms. The molecule has 88 valence electrons. The van der Waals surface area contributed by atoms with Crippen LogP contribution >= 0.6 is 0 Å². The Balaban J connectivity index is 2.51. The summed E-state index contributed by atoms with van der Waals surface area (Å²) in [6, 6.07) is 0.638. The lowest BCUT2D eigenvalue weighted by Crippen LogP contribution is -2.08. The van der Waals surface area contributed by atoms with Gasteiger partial charge in [-0.05, 0) is 38.7 Å². The van der Waals surface area contributed by atoms with Gasteiger partial charge in [-0.2, -0.15) is 0 Å². The molecule has 0 saturated heterocycles. The number of nitrogens with zero attached hydrogens (tertiary/aromatic N) is 1. The Morgan fingerprint density at radius 3 is 2.31 bits per heavy atom. The monoisotopic (exact) mass is 219 g/mol. The van der Waals surface area contributed by atoms with Crippen molar-refractivity contribution in [3.05, 3.63) is 22.5 Å². The molecule has 2 rings (SSSR count). The molecule has 1 aromatic rings. The number of aromatic nitrogens is 1. The van der Waals surface area contributed by atoms with Crippen LogP contribution in [0.4, 0.5) is 0 Å². The summed E-state index contributed by atoms with van der Waals surface area (Å²) in [7, 11) is 0. The van der Waals surface area contributed by atoms with Crippen molar-refractivity contribution < 1.29 is 4.79 Å². The van der Waals surface area contributed by atoms with Gasteiger partial charge in [-0.15, -0.1) is 0 Å². The van der Waals surface area contributed by atoms with Crippen molar-refractivity contribution >= 4 is 6.29 Å². The lowest BCUT2D eigenvalue weighted by atomic mass is 10.1. The van der Waals surface area contributed by atoms with E-state index in [1.165, 1.54) is 42.6 Å². The Morgan fingerprint density at radius 2 is 1.88 bits per heavy atom. The largest absolute Gasteiger partial charge is 0.345 e. The lowest BCUT2D eigenvalue weighted by molar-refractivity contribution is 0.112. The van der Waals surface area contributed by atoms with Crippen LogP contribution in [-0.2, 0) is 6.42 Å². The van der Waals surface area contributed by atoms with Gasteiger partial charge in [0.25, 0.3) is 0 Å². The Hall–Kier alpha value is -1.05. The second-order valence-electron chi connectivity index (χ2n) is 4.84. The average Bonchev–Trinajstić information content (AvgIpc) is 2.85. The van der Waals surface area contributed by atoms with Crippen molar-refractivity contribution in [1.82, 2.24) is 4.57 Å². The number of rotatable bonds is 3. The first-order valence-electron chi connectivity index (χ1n) is 6.36. The zero-order chi connectivity index (χ0) is 11.7. The molecule has 1 fully saturated rings. The highest BCUT2D eigenvalue weighted by atomic mass is 16.1. The van der Waals surface area contributed by atoms with Gasteiger partial charge >= 0.3 is 0 Å². The highest BCUT2D eigenvalue weighted by Gasteiger charge is 2.23. The summed E-state index contributed by atoms with van der Waals surface area (Å²) in [5.74, 6) is 0. The van der Waals surface area contributed by atoms with Crippen LogP contribution in [0.15, 0.2) is 0 Å². The summed E-state index contributed by atoms with van der Waals surface area (Å²) in [6.07, 6.45) is 7.21. The molecule has 0 amide bonds. The lowest BCUT2D eigenvalue weighted by Gasteiger charge is -2.17. The normalized spacial score (nSPS) is 16.9. The predicted octanol–water partition coefficient (Wildman–Crippen LogP) is 3.59. The first-order valence-corrected chi connectivity index (χ1v) is 6.36. The number of carbonyl (C=O) groups excluding carboxylic acids is 1. The molecule has 0 spiro atoms. The molecule has 1 saturated carbocycles. The predicted molar refractivity (Wildman–Crippen MR) is 66.2 cm³/mol. The number of hydrogen-bond donors (Lipinski definition) is 0. The van der Waals surface area contributed by atoms with Gasteiger partial charge in [0.15, 0.2) is 6.29 Å². The SMILES string of the molecule is CCc1c(C=O)c(C)n(C2CCCC2)c1C. The average molecular weight is 219 g/mol. The molecule has 0 radical (unpaired) electrons. The van der Waals surface area contributed by atoms with Gasteiger partial charge in [0.1, 0.15) is 0 Å². The minimum absolute atomic E-state index is 0.638. The standard InChI is InChI=1S/C14H21NO/c1-4-13-10(2)15(11(3)14(13)9-16)12-7-5-6-8-12/h9,12H,4-8H2,1-3H3. The zero-order valence-corrected chi connectivity index (χ0v) is 10.5. The van der Waals surface area contributed by atoms with Crippen molar-refractivity contribution in [2.75, 3.05) is 0 Å². The fourth-order valence-electron chi connectivity index (χ4n) is 3.25. The van der Waals surface area contributed by atoms with E-state index in [2.05, 4.69) is 25.3 Å². The van der Waals surface area contributed by atoms with Crippen LogP contribution in [0.25, 0.3) is 0 Å². The van der Waals surface area contributed by atoms with Gasteiger partial charge in [-0.1, -0.05) is 19.8 Å². The molecule has 0 unspecified atom stereocenters. The van der Waals surface area contributed by atoms with Gasteiger partial charge < -0.3 is 4.57 Å². The Bertz CT molecular complexity index is 397. The van der Waals surface area contributed by atoms with E-state index in [9.17, 15) is 4.79 Å². The van der Waals surface area contributed by atoms with E-state index < -0.39 is 0 Å². The summed E-state index contributed by atoms with van der Waals surface area (Å²) in [5.41, 5.74) is 4.68.